The van der Waals surface area contributed by atoms with Crippen LogP contribution in [0.2, 0.25) is 0 Å². The Balaban J connectivity index is 1.82. The molecule has 0 unspecified atom stereocenters. The monoisotopic (exact) mass is 299 g/mol. The van der Waals surface area contributed by atoms with Crippen molar-refractivity contribution in [3.8, 4) is 11.8 Å². The van der Waals surface area contributed by atoms with Crippen LogP contribution < -0.4 is 0 Å². The maximum absolute atomic E-state index is 12.7. The molecule has 0 radical (unpaired) electrons. The predicted octanol–water partition coefficient (Wildman–Crippen LogP) is 3.95. The fourth-order valence-electron chi connectivity index (χ4n) is 1.56. The summed E-state index contributed by atoms with van der Waals surface area (Å²) in [4.78, 5) is 6.22. The highest BCUT2D eigenvalue weighted by atomic mass is 32.2. The maximum Gasteiger partial charge on any atom is 0.177 e. The van der Waals surface area contributed by atoms with E-state index in [4.69, 9.17) is 4.84 Å². The summed E-state index contributed by atoms with van der Waals surface area (Å²) in [6, 6.07) is 14.0. The zero-order valence-electron chi connectivity index (χ0n) is 11.5. The standard InChI is InChI=1S/C17H14FNOS/c1-21-17-6-2-4-14(12-17)5-3-11-20-19-13-15-7-9-16(18)10-8-15/h2,4,6-10,12-13H,11H2,1H3/b19-13+. The van der Waals surface area contributed by atoms with E-state index in [1.807, 2.05) is 30.5 Å². The van der Waals surface area contributed by atoms with Crippen LogP contribution in [0, 0.1) is 17.7 Å². The summed E-state index contributed by atoms with van der Waals surface area (Å²) in [7, 11) is 0. The van der Waals surface area contributed by atoms with E-state index in [0.29, 0.717) is 0 Å². The number of halogens is 1. The zero-order chi connectivity index (χ0) is 14.9. The van der Waals surface area contributed by atoms with Crippen LogP contribution in [-0.2, 0) is 4.84 Å². The van der Waals surface area contributed by atoms with Crippen molar-refractivity contribution in [1.29, 1.82) is 0 Å². The third-order valence-corrected chi connectivity index (χ3v) is 3.31. The van der Waals surface area contributed by atoms with Crippen molar-refractivity contribution in [3.05, 3.63) is 65.5 Å². The van der Waals surface area contributed by atoms with Crippen LogP contribution in [0.4, 0.5) is 4.39 Å². The van der Waals surface area contributed by atoms with E-state index in [1.165, 1.54) is 23.2 Å². The van der Waals surface area contributed by atoms with Gasteiger partial charge >= 0.3 is 0 Å². The molecule has 0 N–H and O–H groups in total. The highest BCUT2D eigenvalue weighted by Crippen LogP contribution is 2.14. The minimum atomic E-state index is -0.272. The lowest BCUT2D eigenvalue weighted by molar-refractivity contribution is 0.181. The molecule has 0 aliphatic heterocycles. The Kier molecular flexibility index (Phi) is 5.86. The summed E-state index contributed by atoms with van der Waals surface area (Å²) in [5.74, 6) is 5.63. The van der Waals surface area contributed by atoms with E-state index < -0.39 is 0 Å². The van der Waals surface area contributed by atoms with Gasteiger partial charge in [0.05, 0.1) is 6.21 Å². The van der Waals surface area contributed by atoms with E-state index in [0.717, 1.165) is 11.1 Å². The first kappa shape index (κ1) is 15.1. The third-order valence-electron chi connectivity index (χ3n) is 2.59. The molecule has 0 amide bonds. The number of oxime groups is 1. The minimum absolute atomic E-state index is 0.210. The molecule has 0 bridgehead atoms. The molecule has 0 saturated carbocycles. The first-order chi connectivity index (χ1) is 10.3. The van der Waals surface area contributed by atoms with Gasteiger partial charge in [-0.1, -0.05) is 35.2 Å². The van der Waals surface area contributed by atoms with Crippen molar-refractivity contribution < 1.29 is 9.23 Å². The van der Waals surface area contributed by atoms with Gasteiger partial charge in [-0.25, -0.2) is 4.39 Å². The van der Waals surface area contributed by atoms with Crippen LogP contribution in [0.25, 0.3) is 0 Å². The summed E-state index contributed by atoms with van der Waals surface area (Å²) < 4.78 is 12.7. The van der Waals surface area contributed by atoms with Crippen molar-refractivity contribution in [2.24, 2.45) is 5.16 Å². The number of rotatable bonds is 4. The van der Waals surface area contributed by atoms with Crippen LogP contribution in [-0.4, -0.2) is 19.1 Å². The summed E-state index contributed by atoms with van der Waals surface area (Å²) in [6.45, 7) is 0.210. The lowest BCUT2D eigenvalue weighted by Gasteiger charge is -1.95. The van der Waals surface area contributed by atoms with Gasteiger partial charge in [-0.05, 0) is 42.2 Å². The first-order valence-corrected chi connectivity index (χ1v) is 7.54. The average Bonchev–Trinajstić information content (AvgIpc) is 2.52. The van der Waals surface area contributed by atoms with Gasteiger partial charge in [0.1, 0.15) is 5.82 Å². The molecule has 0 saturated heterocycles. The quantitative estimate of drug-likeness (QED) is 0.280. The van der Waals surface area contributed by atoms with E-state index in [2.05, 4.69) is 17.0 Å². The molecular formula is C17H14FNOS. The molecule has 0 aliphatic rings. The van der Waals surface area contributed by atoms with Crippen molar-refractivity contribution in [2.75, 3.05) is 12.9 Å². The van der Waals surface area contributed by atoms with Crippen molar-refractivity contribution in [1.82, 2.24) is 0 Å². The molecule has 2 rings (SSSR count). The molecule has 2 aromatic rings. The highest BCUT2D eigenvalue weighted by molar-refractivity contribution is 7.98. The fourth-order valence-corrected chi connectivity index (χ4v) is 2.01. The fraction of sp³-hybridized carbons (Fsp3) is 0.118. The van der Waals surface area contributed by atoms with E-state index in [-0.39, 0.29) is 12.4 Å². The molecule has 2 nitrogen and oxygen atoms in total. The van der Waals surface area contributed by atoms with E-state index in [1.54, 1.807) is 23.9 Å². The molecule has 106 valence electrons. The number of benzene rings is 2. The molecule has 4 heteroatoms. The maximum atomic E-state index is 12.7. The zero-order valence-corrected chi connectivity index (χ0v) is 12.4. The molecule has 0 aliphatic carbocycles. The van der Waals surface area contributed by atoms with Gasteiger partial charge in [-0.15, -0.1) is 11.8 Å². The second-order valence-electron chi connectivity index (χ2n) is 4.09. The molecular weight excluding hydrogens is 285 g/mol. The van der Waals surface area contributed by atoms with Gasteiger partial charge in [0.2, 0.25) is 0 Å². The number of nitrogens with zero attached hydrogens (tertiary/aromatic N) is 1. The number of hydrogen-bond acceptors (Lipinski definition) is 3. The molecule has 2 aromatic carbocycles. The Morgan fingerprint density at radius 2 is 2.05 bits per heavy atom. The third kappa shape index (κ3) is 5.33. The lowest BCUT2D eigenvalue weighted by atomic mass is 10.2. The van der Waals surface area contributed by atoms with Gasteiger partial charge in [-0.2, -0.15) is 0 Å². The summed E-state index contributed by atoms with van der Waals surface area (Å²) in [6.07, 6.45) is 3.55. The molecule has 0 aromatic heterocycles. The first-order valence-electron chi connectivity index (χ1n) is 6.32. The Labute approximate surface area is 128 Å². The Hall–Kier alpha value is -2.25. The lowest BCUT2D eigenvalue weighted by Crippen LogP contribution is -1.86. The van der Waals surface area contributed by atoms with E-state index >= 15 is 0 Å². The van der Waals surface area contributed by atoms with Gasteiger partial charge in [0, 0.05) is 10.5 Å². The summed E-state index contributed by atoms with van der Waals surface area (Å²) >= 11 is 1.68. The number of thioether (sulfide) groups is 1. The van der Waals surface area contributed by atoms with Gasteiger partial charge in [0.15, 0.2) is 6.61 Å². The van der Waals surface area contributed by atoms with Crippen molar-refractivity contribution in [2.45, 2.75) is 4.90 Å². The molecule has 0 fully saturated rings. The minimum Gasteiger partial charge on any atom is -0.383 e. The van der Waals surface area contributed by atoms with Crippen molar-refractivity contribution in [3.63, 3.8) is 0 Å². The van der Waals surface area contributed by atoms with E-state index in [9.17, 15) is 4.39 Å². The molecule has 0 spiro atoms. The second-order valence-corrected chi connectivity index (χ2v) is 4.97. The smallest absolute Gasteiger partial charge is 0.177 e. The van der Waals surface area contributed by atoms with Crippen LogP contribution >= 0.6 is 11.8 Å². The van der Waals surface area contributed by atoms with Gasteiger partial charge < -0.3 is 4.84 Å². The van der Waals surface area contributed by atoms with Crippen LogP contribution in [0.1, 0.15) is 11.1 Å². The highest BCUT2D eigenvalue weighted by Gasteiger charge is 1.91. The van der Waals surface area contributed by atoms with Gasteiger partial charge in [-0.3, -0.25) is 0 Å². The largest absolute Gasteiger partial charge is 0.383 e. The van der Waals surface area contributed by atoms with Crippen LogP contribution in [0.15, 0.2) is 58.6 Å². The summed E-state index contributed by atoms with van der Waals surface area (Å²) in [5, 5.41) is 3.78. The van der Waals surface area contributed by atoms with Gasteiger partial charge in [0.25, 0.3) is 0 Å². The van der Waals surface area contributed by atoms with Crippen molar-refractivity contribution >= 4 is 18.0 Å². The number of hydrogen-bond donors (Lipinski definition) is 0. The SMILES string of the molecule is CSc1cccc(C#CCO/N=C/c2ccc(F)cc2)c1. The Morgan fingerprint density at radius 3 is 2.81 bits per heavy atom. The Morgan fingerprint density at radius 1 is 1.24 bits per heavy atom. The van der Waals surface area contributed by atoms with Crippen LogP contribution in [0.5, 0.6) is 0 Å². The topological polar surface area (TPSA) is 21.6 Å². The van der Waals surface area contributed by atoms with Crippen LogP contribution in [0.3, 0.4) is 0 Å². The predicted molar refractivity (Wildman–Crippen MR) is 85.0 cm³/mol. The molecule has 0 atom stereocenters. The average molecular weight is 299 g/mol. The Bertz CT molecular complexity index is 671. The second kappa shape index (κ2) is 8.13. The summed E-state index contributed by atoms with van der Waals surface area (Å²) in [5.41, 5.74) is 1.73. The normalized spacial score (nSPS) is 10.2. The molecule has 21 heavy (non-hydrogen) atoms. The molecule has 0 heterocycles.